The third-order valence-corrected chi connectivity index (χ3v) is 13.7. The molecule has 77 heavy (non-hydrogen) atoms. The van der Waals surface area contributed by atoms with E-state index < -0.39 is 35.6 Å². The average molecular weight is 1090 g/mol. The van der Waals surface area contributed by atoms with Crippen LogP contribution >= 0.6 is 23.2 Å². The number of fused-ring (bicyclic) bond motifs is 1. The highest BCUT2D eigenvalue weighted by Crippen LogP contribution is 2.41. The molecule has 400 valence electrons. The average Bonchev–Trinajstić information content (AvgIpc) is 4.31. The maximum absolute atomic E-state index is 12.8. The molecule has 4 aliphatic rings. The van der Waals surface area contributed by atoms with Gasteiger partial charge in [0.15, 0.2) is 0 Å². The number of carbonyl (C=O) groups excluding carboxylic acids is 4. The van der Waals surface area contributed by atoms with Crippen LogP contribution in [0.4, 0.5) is 16.2 Å². The van der Waals surface area contributed by atoms with Gasteiger partial charge in [-0.3, -0.25) is 29.4 Å². The number of imide groups is 2. The first kappa shape index (κ1) is 53.4. The summed E-state index contributed by atoms with van der Waals surface area (Å²) in [6.07, 6.45) is 7.08. The minimum atomic E-state index is -1.17. The van der Waals surface area contributed by atoms with Crippen LogP contribution in [0.3, 0.4) is 0 Å². The van der Waals surface area contributed by atoms with Crippen molar-refractivity contribution in [1.82, 2.24) is 54.4 Å². The van der Waals surface area contributed by atoms with Crippen LogP contribution in [0.5, 0.6) is 5.75 Å². The van der Waals surface area contributed by atoms with Gasteiger partial charge in [-0.15, -0.1) is 5.10 Å². The van der Waals surface area contributed by atoms with Gasteiger partial charge >= 0.3 is 11.8 Å². The van der Waals surface area contributed by atoms with Gasteiger partial charge in [0.05, 0.1) is 46.9 Å². The summed E-state index contributed by atoms with van der Waals surface area (Å²) in [6, 6.07) is 27.1. The topological polar surface area (TPSA) is 268 Å². The first-order valence-corrected chi connectivity index (χ1v) is 25.2. The minimum absolute atomic E-state index is 0.0645. The van der Waals surface area contributed by atoms with Crippen molar-refractivity contribution in [3.05, 3.63) is 160 Å². The molecule has 0 bridgehead atoms. The number of ether oxygens (including phenoxy) is 3. The summed E-state index contributed by atoms with van der Waals surface area (Å²) in [5, 5.41) is 26.4. The second kappa shape index (κ2) is 23.6. The van der Waals surface area contributed by atoms with Gasteiger partial charge in [0.25, 0.3) is 11.8 Å². The van der Waals surface area contributed by atoms with E-state index in [1.54, 1.807) is 58.3 Å². The summed E-state index contributed by atoms with van der Waals surface area (Å²) in [4.78, 5) is 80.6. The molecule has 0 saturated carbocycles. The quantitative estimate of drug-likeness (QED) is 0.126. The zero-order valence-corrected chi connectivity index (χ0v) is 43.1. The zero-order chi connectivity index (χ0) is 54.2. The maximum Gasteiger partial charge on any atom is 0.425 e. The number of anilines is 2. The van der Waals surface area contributed by atoms with E-state index in [0.29, 0.717) is 39.9 Å². The van der Waals surface area contributed by atoms with Gasteiger partial charge in [-0.25, -0.2) is 33.9 Å². The Hall–Kier alpha value is -8.45. The molecular weight excluding hydrogens is 1040 g/mol. The largest absolute Gasteiger partial charge is 0.491 e. The number of nitrogens with one attached hydrogen (secondary N) is 2. The van der Waals surface area contributed by atoms with Crippen LogP contribution in [0, 0.1) is 0 Å². The van der Waals surface area contributed by atoms with E-state index in [2.05, 4.69) is 64.9 Å². The van der Waals surface area contributed by atoms with Crippen LogP contribution in [0.25, 0.3) is 5.69 Å². The molecule has 7 aromatic rings. The van der Waals surface area contributed by atoms with Gasteiger partial charge in [0.1, 0.15) is 50.0 Å². The smallest absolute Gasteiger partial charge is 0.425 e. The van der Waals surface area contributed by atoms with E-state index in [4.69, 9.17) is 42.5 Å². The van der Waals surface area contributed by atoms with Crippen molar-refractivity contribution >= 4 is 64.3 Å². The molecule has 3 N–H and O–H groups in total. The molecule has 7 heterocycles. The number of hydrogen-bond acceptors (Lipinski definition) is 16. The lowest BCUT2D eigenvalue weighted by Crippen LogP contribution is -2.54. The van der Waals surface area contributed by atoms with Crippen molar-refractivity contribution < 1.29 is 43.3 Å². The second-order valence-corrected chi connectivity index (χ2v) is 18.9. The van der Waals surface area contributed by atoms with Crippen LogP contribution in [0.2, 0.25) is 10.0 Å². The van der Waals surface area contributed by atoms with Crippen molar-refractivity contribution in [3.8, 4) is 11.4 Å². The monoisotopic (exact) mass is 1090 g/mol. The lowest BCUT2D eigenvalue weighted by atomic mass is 10.0. The lowest BCUT2D eigenvalue weighted by Gasteiger charge is -2.37. The van der Waals surface area contributed by atoms with E-state index in [9.17, 15) is 28.8 Å². The molecule has 0 spiro atoms. The van der Waals surface area contributed by atoms with E-state index >= 15 is 0 Å². The Labute approximate surface area is 449 Å². The summed E-state index contributed by atoms with van der Waals surface area (Å²) in [6.45, 7) is 8.48. The van der Waals surface area contributed by atoms with E-state index in [-0.39, 0.29) is 43.1 Å². The normalized spacial score (nSPS) is 19.4. The fraction of sp³-hybridized carbons (Fsp3) is 0.314. The Balaban J connectivity index is 0.000000209. The molecule has 5 amide bonds. The highest BCUT2D eigenvalue weighted by Gasteiger charge is 2.46. The summed E-state index contributed by atoms with van der Waals surface area (Å²) in [7, 11) is 0. The Morgan fingerprint density at radius 3 is 2.13 bits per heavy atom. The number of rotatable bonds is 13. The van der Waals surface area contributed by atoms with Gasteiger partial charge in [-0.1, -0.05) is 48.3 Å². The van der Waals surface area contributed by atoms with E-state index in [0.717, 1.165) is 65.1 Å². The molecule has 4 atom stereocenters. The number of nitrogens with zero attached hydrogens (tertiary/aromatic N) is 12. The van der Waals surface area contributed by atoms with Gasteiger partial charge in [-0.05, 0) is 97.8 Å². The third-order valence-electron chi connectivity index (χ3n) is 13.1. The zero-order valence-electron chi connectivity index (χ0n) is 41.6. The second-order valence-electron chi connectivity index (χ2n) is 18.1. The minimum Gasteiger partial charge on any atom is -0.491 e. The van der Waals surface area contributed by atoms with Crippen molar-refractivity contribution in [2.75, 3.05) is 54.6 Å². The summed E-state index contributed by atoms with van der Waals surface area (Å²) < 4.78 is 23.7. The number of amides is 5. The number of aromatic nitrogens is 9. The molecule has 0 radical (unpaired) electrons. The predicted octanol–water partition coefficient (Wildman–Crippen LogP) is 5.16. The van der Waals surface area contributed by atoms with Crippen molar-refractivity contribution in [2.45, 2.75) is 63.6 Å². The summed E-state index contributed by atoms with van der Waals surface area (Å²) in [5.74, 6) is -2.33. The molecule has 3 saturated heterocycles. The molecular formula is C51H52Cl2N14O10. The van der Waals surface area contributed by atoms with Crippen molar-refractivity contribution in [2.24, 2.45) is 0 Å². The Bertz CT molecular complexity index is 3240. The van der Waals surface area contributed by atoms with Gasteiger partial charge in [-0.2, -0.15) is 15.0 Å². The molecule has 0 aliphatic carbocycles. The van der Waals surface area contributed by atoms with E-state index in [1.807, 2.05) is 49.6 Å². The number of piperazine rings is 1. The molecule has 3 aromatic heterocycles. The predicted molar refractivity (Wildman–Crippen MR) is 279 cm³/mol. The molecule has 4 aliphatic heterocycles. The van der Waals surface area contributed by atoms with Gasteiger partial charge in [0.2, 0.25) is 17.6 Å². The molecule has 2 unspecified atom stereocenters. The number of benzene rings is 4. The Kier molecular flexibility index (Phi) is 16.4. The number of carboxylic acid groups (broad SMARTS) is 1. The lowest BCUT2D eigenvalue weighted by molar-refractivity contribution is -0.190. The standard InChI is InChI=1S/C35H38Cl2N8O4.C13H10N2O4.C3H4N4O2/c1-3-25(2)45-34(46)44(24-40-45)29-7-5-27(6-8-29)41-14-16-42(17-15-41)28-9-11-30(12-10-28)47-19-31-20-48-35(49-31,21-43-23-38-22-39-43)32-13-4-26(36)18-33(32)37;16-10-6-5-9(11(17)14-10)15-12(18)7-3-1-2-4-8(7)13(15)19;8-3(9)5-7-2-1-4-6-7/h4-13,18,22-25,31H,3,14-17,19-21H2,1-2H3;1-4,9H,5-6H2,(H,14,16,17);1-2,5H,(H,8,9)/t25?,31-,35-;;/m0../s1. The SMILES string of the molecule is CCC(C)n1ncn(-c2ccc(N3CCN(c4ccc(OC[C@H]5CO[C@](Cn6cncn6)(c6ccc(Cl)cc6Cl)O5)cc4)CC3)cc2)c1=O.O=C(O)Nn1ccnn1.O=C1CCC(N2C(=O)c3ccccc3C2=O)C(=O)N1. The van der Waals surface area contributed by atoms with Gasteiger partial charge in [0, 0.05) is 54.6 Å². The number of halogens is 2. The summed E-state index contributed by atoms with van der Waals surface area (Å²) in [5.41, 5.74) is 6.19. The van der Waals surface area contributed by atoms with Crippen LogP contribution < -0.4 is 31.0 Å². The third kappa shape index (κ3) is 12.2. The van der Waals surface area contributed by atoms with Crippen LogP contribution in [-0.2, 0) is 31.4 Å². The first-order chi connectivity index (χ1) is 37.2. The number of hydrogen-bond donors (Lipinski definition) is 3. The van der Waals surface area contributed by atoms with Crippen LogP contribution in [-0.4, -0.2) is 135 Å². The fourth-order valence-corrected chi connectivity index (χ4v) is 9.58. The molecule has 26 heteroatoms. The summed E-state index contributed by atoms with van der Waals surface area (Å²) >= 11 is 12.7. The molecule has 11 rings (SSSR count). The molecule has 24 nitrogen and oxygen atoms in total. The highest BCUT2D eigenvalue weighted by atomic mass is 35.5. The Morgan fingerprint density at radius 1 is 0.883 bits per heavy atom. The highest BCUT2D eigenvalue weighted by molar-refractivity contribution is 6.35. The molecule has 3 fully saturated rings. The van der Waals surface area contributed by atoms with Gasteiger partial charge < -0.3 is 29.1 Å². The number of carbonyl (C=O) groups is 5. The molecule has 4 aromatic carbocycles. The van der Waals surface area contributed by atoms with Crippen LogP contribution in [0.1, 0.15) is 65.4 Å². The number of piperidine rings is 1. The maximum atomic E-state index is 12.8. The van der Waals surface area contributed by atoms with Crippen LogP contribution in [0.15, 0.2) is 127 Å². The first-order valence-electron chi connectivity index (χ1n) is 24.5. The van der Waals surface area contributed by atoms with E-state index in [1.165, 1.54) is 23.4 Å². The Morgan fingerprint density at radius 2 is 1.55 bits per heavy atom. The fourth-order valence-electron chi connectivity index (χ4n) is 9.03. The van der Waals surface area contributed by atoms with Crippen molar-refractivity contribution in [1.29, 1.82) is 0 Å². The van der Waals surface area contributed by atoms with Crippen molar-refractivity contribution in [3.63, 3.8) is 0 Å².